The molecule has 1 aromatic heterocycles. The van der Waals surface area contributed by atoms with Crippen molar-refractivity contribution in [3.8, 4) is 11.1 Å². The van der Waals surface area contributed by atoms with E-state index >= 15 is 0 Å². The van der Waals surface area contributed by atoms with Gasteiger partial charge >= 0.3 is 5.97 Å². The fourth-order valence-electron chi connectivity index (χ4n) is 3.10. The maximum Gasteiger partial charge on any atom is 0.335 e. The molecule has 2 aromatic rings. The normalized spacial score (nSPS) is 18.3. The summed E-state index contributed by atoms with van der Waals surface area (Å²) >= 11 is 0. The lowest BCUT2D eigenvalue weighted by atomic mass is 10.0. The van der Waals surface area contributed by atoms with Gasteiger partial charge < -0.3 is 5.11 Å². The lowest BCUT2D eigenvalue weighted by Gasteiger charge is -2.26. The van der Waals surface area contributed by atoms with Crippen molar-refractivity contribution in [1.29, 1.82) is 0 Å². The summed E-state index contributed by atoms with van der Waals surface area (Å²) in [6.07, 6.45) is 3.24. The molecule has 0 radical (unpaired) electrons. The van der Waals surface area contributed by atoms with Crippen LogP contribution in [0.2, 0.25) is 0 Å². The molecule has 26 heavy (non-hydrogen) atoms. The molecule has 0 saturated carbocycles. The maximum absolute atomic E-state index is 12.5. The topological polar surface area (TPSA) is 90.8 Å². The summed E-state index contributed by atoms with van der Waals surface area (Å²) in [4.78, 5) is 15.4. The van der Waals surface area contributed by atoms with Gasteiger partial charge in [-0.05, 0) is 36.6 Å². The van der Waals surface area contributed by atoms with E-state index in [0.717, 1.165) is 29.7 Å². The van der Waals surface area contributed by atoms with Gasteiger partial charge in [0, 0.05) is 32.4 Å². The number of rotatable bonds is 5. The summed E-state index contributed by atoms with van der Waals surface area (Å²) in [5, 5.41) is 8.96. The second kappa shape index (κ2) is 7.14. The van der Waals surface area contributed by atoms with E-state index in [9.17, 15) is 13.2 Å². The average Bonchev–Trinajstić information content (AvgIpc) is 3.12. The molecule has 1 saturated heterocycles. The monoisotopic (exact) mass is 375 g/mol. The molecule has 0 aliphatic carbocycles. The van der Waals surface area contributed by atoms with Crippen molar-refractivity contribution in [1.82, 2.24) is 13.6 Å². The number of aromatic carboxylic acids is 1. The predicted octanol–water partition coefficient (Wildman–Crippen LogP) is 2.39. The molecule has 2 heterocycles. The second-order valence-corrected chi connectivity index (χ2v) is 8.51. The molecular formula is C18H21N3O4S. The van der Waals surface area contributed by atoms with E-state index in [-0.39, 0.29) is 11.6 Å². The minimum atomic E-state index is -3.48. The van der Waals surface area contributed by atoms with Crippen molar-refractivity contribution >= 4 is 16.2 Å². The van der Waals surface area contributed by atoms with Crippen LogP contribution in [-0.2, 0) is 10.2 Å². The highest BCUT2D eigenvalue weighted by Gasteiger charge is 2.37. The highest BCUT2D eigenvalue weighted by Crippen LogP contribution is 2.34. The fourth-order valence-corrected chi connectivity index (χ4v) is 4.41. The van der Waals surface area contributed by atoms with Crippen LogP contribution in [0.15, 0.2) is 42.6 Å². The Balaban J connectivity index is 1.84. The van der Waals surface area contributed by atoms with Gasteiger partial charge in [-0.15, -0.1) is 0 Å². The third kappa shape index (κ3) is 3.48. The van der Waals surface area contributed by atoms with E-state index in [4.69, 9.17) is 5.11 Å². The van der Waals surface area contributed by atoms with Crippen molar-refractivity contribution in [2.45, 2.75) is 18.9 Å². The summed E-state index contributed by atoms with van der Waals surface area (Å²) in [7, 11) is -0.419. The van der Waals surface area contributed by atoms with Gasteiger partial charge in [-0.1, -0.05) is 18.2 Å². The molecule has 1 atom stereocenters. The first-order valence-electron chi connectivity index (χ1n) is 8.29. The Labute approximate surface area is 153 Å². The molecular weight excluding hydrogens is 354 g/mol. The van der Waals surface area contributed by atoms with Gasteiger partial charge in [-0.3, -0.25) is 4.98 Å². The summed E-state index contributed by atoms with van der Waals surface area (Å²) in [5.74, 6) is -0.964. The number of benzene rings is 1. The van der Waals surface area contributed by atoms with Crippen LogP contribution in [0.4, 0.5) is 0 Å². The molecule has 0 unspecified atom stereocenters. The first-order chi connectivity index (χ1) is 12.3. The Morgan fingerprint density at radius 2 is 1.81 bits per heavy atom. The number of hydrogen-bond donors (Lipinski definition) is 1. The van der Waals surface area contributed by atoms with E-state index in [0.29, 0.717) is 6.54 Å². The van der Waals surface area contributed by atoms with Crippen LogP contribution in [0, 0.1) is 0 Å². The van der Waals surface area contributed by atoms with Gasteiger partial charge in [0.15, 0.2) is 0 Å². The van der Waals surface area contributed by atoms with E-state index < -0.39 is 16.2 Å². The van der Waals surface area contributed by atoms with Gasteiger partial charge in [0.2, 0.25) is 0 Å². The summed E-state index contributed by atoms with van der Waals surface area (Å²) in [6.45, 7) is 0.491. The second-order valence-electron chi connectivity index (χ2n) is 6.41. The molecule has 7 nitrogen and oxygen atoms in total. The van der Waals surface area contributed by atoms with E-state index in [1.807, 2.05) is 12.1 Å². The molecule has 0 spiro atoms. The first-order valence-corrected chi connectivity index (χ1v) is 9.69. The third-order valence-electron chi connectivity index (χ3n) is 4.55. The van der Waals surface area contributed by atoms with Crippen LogP contribution in [0.1, 0.15) is 34.9 Å². The molecule has 1 aliphatic heterocycles. The molecule has 1 N–H and O–H groups in total. The van der Waals surface area contributed by atoms with Crippen molar-refractivity contribution in [3.63, 3.8) is 0 Å². The molecule has 0 amide bonds. The Morgan fingerprint density at radius 1 is 1.15 bits per heavy atom. The Bertz CT molecular complexity index is 893. The zero-order valence-corrected chi connectivity index (χ0v) is 15.5. The average molecular weight is 375 g/mol. The zero-order valence-electron chi connectivity index (χ0n) is 14.7. The number of carboxylic acids is 1. The number of carboxylic acid groups (broad SMARTS) is 1. The standard InChI is InChI=1S/C18H21N3O4S/c1-20(2)26(24,25)21-11-3-4-17(21)16-10-9-15(12-19-16)13-5-7-14(8-6-13)18(22)23/h5-10,12,17H,3-4,11H2,1-2H3,(H,22,23)/t17-/m1/s1. The largest absolute Gasteiger partial charge is 0.478 e. The van der Waals surface area contributed by atoms with Crippen LogP contribution < -0.4 is 0 Å². The van der Waals surface area contributed by atoms with Gasteiger partial charge in [0.25, 0.3) is 10.2 Å². The molecule has 138 valence electrons. The SMILES string of the molecule is CN(C)S(=O)(=O)N1CCC[C@@H]1c1ccc(-c2ccc(C(=O)O)cc2)cn1. The van der Waals surface area contributed by atoms with E-state index in [1.165, 1.54) is 22.7 Å². The third-order valence-corrected chi connectivity index (χ3v) is 6.51. The van der Waals surface area contributed by atoms with Crippen molar-refractivity contribution in [3.05, 3.63) is 53.9 Å². The molecule has 1 fully saturated rings. The fraction of sp³-hybridized carbons (Fsp3) is 0.333. The summed E-state index contributed by atoms with van der Waals surface area (Å²) in [5.41, 5.74) is 2.66. The molecule has 0 bridgehead atoms. The lowest BCUT2D eigenvalue weighted by Crippen LogP contribution is -2.39. The number of pyridine rings is 1. The number of nitrogens with zero attached hydrogens (tertiary/aromatic N) is 3. The van der Waals surface area contributed by atoms with Gasteiger partial charge in [-0.25, -0.2) is 4.79 Å². The minimum Gasteiger partial charge on any atom is -0.478 e. The van der Waals surface area contributed by atoms with Crippen LogP contribution in [-0.4, -0.2) is 53.7 Å². The van der Waals surface area contributed by atoms with Crippen LogP contribution in [0.25, 0.3) is 11.1 Å². The number of aromatic nitrogens is 1. The highest BCUT2D eigenvalue weighted by molar-refractivity contribution is 7.86. The van der Waals surface area contributed by atoms with Crippen molar-refractivity contribution in [2.24, 2.45) is 0 Å². The van der Waals surface area contributed by atoms with E-state index in [2.05, 4.69) is 4.98 Å². The van der Waals surface area contributed by atoms with Crippen LogP contribution in [0.5, 0.6) is 0 Å². The summed E-state index contributed by atoms with van der Waals surface area (Å²) < 4.78 is 27.7. The Kier molecular flexibility index (Phi) is 5.08. The molecule has 1 aliphatic rings. The van der Waals surface area contributed by atoms with Gasteiger partial charge in [0.05, 0.1) is 17.3 Å². The number of hydrogen-bond acceptors (Lipinski definition) is 4. The molecule has 3 rings (SSSR count). The van der Waals surface area contributed by atoms with Crippen LogP contribution >= 0.6 is 0 Å². The van der Waals surface area contributed by atoms with Crippen molar-refractivity contribution in [2.75, 3.05) is 20.6 Å². The first kappa shape index (κ1) is 18.5. The maximum atomic E-state index is 12.5. The van der Waals surface area contributed by atoms with Crippen molar-refractivity contribution < 1.29 is 18.3 Å². The minimum absolute atomic E-state index is 0.230. The van der Waals surface area contributed by atoms with Gasteiger partial charge in [0.1, 0.15) is 0 Å². The molecule has 8 heteroatoms. The highest BCUT2D eigenvalue weighted by atomic mass is 32.2. The number of carbonyl (C=O) groups is 1. The van der Waals surface area contributed by atoms with Crippen LogP contribution in [0.3, 0.4) is 0 Å². The zero-order chi connectivity index (χ0) is 18.9. The Hall–Kier alpha value is -2.29. The smallest absolute Gasteiger partial charge is 0.335 e. The quantitative estimate of drug-likeness (QED) is 0.866. The Morgan fingerprint density at radius 3 is 2.35 bits per heavy atom. The predicted molar refractivity (Wildman–Crippen MR) is 97.9 cm³/mol. The summed E-state index contributed by atoms with van der Waals surface area (Å²) in [6, 6.07) is 10.0. The van der Waals surface area contributed by atoms with Gasteiger partial charge in [-0.2, -0.15) is 17.0 Å². The molecule has 1 aromatic carbocycles. The van der Waals surface area contributed by atoms with E-state index in [1.54, 1.807) is 30.5 Å². The lowest BCUT2D eigenvalue weighted by molar-refractivity contribution is 0.0697.